The van der Waals surface area contributed by atoms with E-state index in [4.69, 9.17) is 11.6 Å². The number of nitrogens with zero attached hydrogens (tertiary/aromatic N) is 2. The summed E-state index contributed by atoms with van der Waals surface area (Å²) < 4.78 is 0. The van der Waals surface area contributed by atoms with Crippen LogP contribution >= 0.6 is 23.4 Å². The highest BCUT2D eigenvalue weighted by Gasteiger charge is 2.38. The maximum atomic E-state index is 12.6. The quantitative estimate of drug-likeness (QED) is 0.492. The van der Waals surface area contributed by atoms with Gasteiger partial charge in [-0.2, -0.15) is 0 Å². The lowest BCUT2D eigenvalue weighted by Gasteiger charge is -2.50. The number of amides is 1. The van der Waals surface area contributed by atoms with Crippen LogP contribution in [0.4, 0.5) is 11.4 Å². The SMILES string of the molecule is Cc1cc2c(cc1/C=C1\SC(=Nc3cccc(Cl)c3)NC1=O)[C@H](C)CC(C)(C)N2C(C)C. The van der Waals surface area contributed by atoms with E-state index in [9.17, 15) is 4.79 Å². The number of hydrogen-bond acceptors (Lipinski definition) is 4. The normalized spacial score (nSPS) is 22.6. The summed E-state index contributed by atoms with van der Waals surface area (Å²) in [5.74, 6) is 0.337. The summed E-state index contributed by atoms with van der Waals surface area (Å²) >= 11 is 7.41. The summed E-state index contributed by atoms with van der Waals surface area (Å²) in [4.78, 5) is 20.3. The maximum Gasteiger partial charge on any atom is 0.264 e. The molecule has 1 N–H and O–H groups in total. The average Bonchev–Trinajstić information content (AvgIpc) is 3.00. The van der Waals surface area contributed by atoms with Crippen molar-refractivity contribution in [2.75, 3.05) is 4.90 Å². The third-order valence-corrected chi connectivity index (χ3v) is 7.30. The first-order valence-electron chi connectivity index (χ1n) is 11.0. The molecule has 0 spiro atoms. The largest absolute Gasteiger partial charge is 0.364 e. The number of carbonyl (C=O) groups is 1. The van der Waals surface area contributed by atoms with Crippen molar-refractivity contribution in [3.63, 3.8) is 0 Å². The number of aryl methyl sites for hydroxylation is 1. The Morgan fingerprint density at radius 3 is 2.72 bits per heavy atom. The van der Waals surface area contributed by atoms with Crippen molar-refractivity contribution in [1.29, 1.82) is 0 Å². The number of anilines is 1. The molecule has 1 fully saturated rings. The lowest BCUT2D eigenvalue weighted by atomic mass is 9.78. The molecule has 0 bridgehead atoms. The minimum absolute atomic E-state index is 0.111. The van der Waals surface area contributed by atoms with E-state index in [1.54, 1.807) is 12.1 Å². The van der Waals surface area contributed by atoms with Crippen molar-refractivity contribution in [2.45, 2.75) is 65.5 Å². The average molecular weight is 468 g/mol. The highest BCUT2D eigenvalue weighted by molar-refractivity contribution is 8.18. The van der Waals surface area contributed by atoms with E-state index >= 15 is 0 Å². The molecule has 2 aliphatic rings. The summed E-state index contributed by atoms with van der Waals surface area (Å²) in [6.07, 6.45) is 3.09. The number of carbonyl (C=O) groups excluding carboxylic acids is 1. The van der Waals surface area contributed by atoms with Crippen molar-refractivity contribution in [2.24, 2.45) is 4.99 Å². The molecule has 0 radical (unpaired) electrons. The Hall–Kier alpha value is -2.24. The second kappa shape index (κ2) is 8.60. The molecule has 6 heteroatoms. The van der Waals surface area contributed by atoms with Gasteiger partial charge in [0.25, 0.3) is 5.91 Å². The number of fused-ring (bicyclic) bond motifs is 1. The number of rotatable bonds is 3. The Bertz CT molecular complexity index is 1140. The van der Waals surface area contributed by atoms with Gasteiger partial charge in [-0.25, -0.2) is 4.99 Å². The second-order valence-corrected chi connectivity index (χ2v) is 11.1. The van der Waals surface area contributed by atoms with Crippen LogP contribution in [-0.4, -0.2) is 22.7 Å². The third kappa shape index (κ3) is 4.46. The van der Waals surface area contributed by atoms with Crippen LogP contribution in [0.2, 0.25) is 5.02 Å². The second-order valence-electron chi connectivity index (χ2n) is 9.61. The van der Waals surface area contributed by atoms with Gasteiger partial charge < -0.3 is 10.2 Å². The molecule has 0 saturated carbocycles. The van der Waals surface area contributed by atoms with Gasteiger partial charge in [0.15, 0.2) is 5.17 Å². The van der Waals surface area contributed by atoms with Gasteiger partial charge in [-0.1, -0.05) is 24.6 Å². The van der Waals surface area contributed by atoms with Crippen LogP contribution in [0.1, 0.15) is 63.6 Å². The van der Waals surface area contributed by atoms with Crippen LogP contribution in [0.15, 0.2) is 46.3 Å². The van der Waals surface area contributed by atoms with E-state index in [-0.39, 0.29) is 11.4 Å². The van der Waals surface area contributed by atoms with Crippen molar-refractivity contribution < 1.29 is 4.79 Å². The maximum absolute atomic E-state index is 12.6. The van der Waals surface area contributed by atoms with Crippen LogP contribution in [-0.2, 0) is 4.79 Å². The van der Waals surface area contributed by atoms with E-state index in [0.29, 0.717) is 27.1 Å². The number of thioether (sulfide) groups is 1. The van der Waals surface area contributed by atoms with Gasteiger partial charge in [0, 0.05) is 22.3 Å². The first-order chi connectivity index (χ1) is 15.0. The molecule has 1 atom stereocenters. The monoisotopic (exact) mass is 467 g/mol. The van der Waals surface area contributed by atoms with Gasteiger partial charge in [-0.05, 0) is 112 Å². The fourth-order valence-electron chi connectivity index (χ4n) is 5.03. The molecule has 0 unspecified atom stereocenters. The highest BCUT2D eigenvalue weighted by Crippen LogP contribution is 2.45. The van der Waals surface area contributed by atoms with Crippen LogP contribution in [0.5, 0.6) is 0 Å². The van der Waals surface area contributed by atoms with E-state index in [1.165, 1.54) is 28.6 Å². The molecule has 1 amide bonds. The molecular formula is C26H30ClN3OS. The molecule has 2 aromatic carbocycles. The number of nitrogens with one attached hydrogen (secondary N) is 1. The van der Waals surface area contributed by atoms with Gasteiger partial charge in [0.2, 0.25) is 0 Å². The van der Waals surface area contributed by atoms with Gasteiger partial charge in [0.05, 0.1) is 10.6 Å². The lowest BCUT2D eigenvalue weighted by molar-refractivity contribution is -0.115. The Kier molecular flexibility index (Phi) is 6.17. The fraction of sp³-hybridized carbons (Fsp3) is 0.385. The van der Waals surface area contributed by atoms with Crippen LogP contribution in [0.25, 0.3) is 6.08 Å². The molecule has 4 rings (SSSR count). The third-order valence-electron chi connectivity index (χ3n) is 6.16. The van der Waals surface area contributed by atoms with Crippen molar-refractivity contribution in [1.82, 2.24) is 5.32 Å². The van der Waals surface area contributed by atoms with Crippen LogP contribution in [0, 0.1) is 6.92 Å². The Morgan fingerprint density at radius 1 is 1.28 bits per heavy atom. The first-order valence-corrected chi connectivity index (χ1v) is 12.2. The molecule has 0 aliphatic carbocycles. The summed E-state index contributed by atoms with van der Waals surface area (Å²) in [6, 6.07) is 12.3. The van der Waals surface area contributed by atoms with Crippen molar-refractivity contribution >= 4 is 51.9 Å². The Morgan fingerprint density at radius 2 is 2.03 bits per heavy atom. The Balaban J connectivity index is 1.68. The Labute approximate surface area is 200 Å². The summed E-state index contributed by atoms with van der Waals surface area (Å²) in [7, 11) is 0. The number of amidine groups is 1. The van der Waals surface area contributed by atoms with Crippen LogP contribution in [0.3, 0.4) is 0 Å². The zero-order chi connectivity index (χ0) is 23.2. The predicted octanol–water partition coefficient (Wildman–Crippen LogP) is 7.04. The number of benzene rings is 2. The molecule has 4 nitrogen and oxygen atoms in total. The minimum Gasteiger partial charge on any atom is -0.364 e. The van der Waals surface area contributed by atoms with E-state index in [2.05, 4.69) is 68.9 Å². The van der Waals surface area contributed by atoms with Crippen molar-refractivity contribution in [3.8, 4) is 0 Å². The predicted molar refractivity (Wildman–Crippen MR) is 138 cm³/mol. The van der Waals surface area contributed by atoms with Crippen molar-refractivity contribution in [3.05, 3.63) is 63.0 Å². The molecular weight excluding hydrogens is 438 g/mol. The summed E-state index contributed by atoms with van der Waals surface area (Å²) in [5, 5.41) is 4.06. The van der Waals surface area contributed by atoms with Gasteiger partial charge in [-0.15, -0.1) is 0 Å². The summed E-state index contributed by atoms with van der Waals surface area (Å²) in [6.45, 7) is 13.6. The molecule has 168 valence electrons. The summed E-state index contributed by atoms with van der Waals surface area (Å²) in [5.41, 5.74) is 5.75. The zero-order valence-electron chi connectivity index (χ0n) is 19.5. The molecule has 1 saturated heterocycles. The standard InChI is InChI=1S/C26H30ClN3OS/c1-15(2)30-22-10-16(3)18(11-21(22)17(4)14-26(30,5)6)12-23-24(31)29-25(32-23)28-20-9-7-8-19(27)13-20/h7-13,15,17H,14H2,1-6H3,(H,28,29,31)/b23-12-/t17-/m1/s1. The van der Waals surface area contributed by atoms with E-state index < -0.39 is 0 Å². The molecule has 2 heterocycles. The zero-order valence-corrected chi connectivity index (χ0v) is 21.1. The van der Waals surface area contributed by atoms with Gasteiger partial charge in [-0.3, -0.25) is 4.79 Å². The smallest absolute Gasteiger partial charge is 0.264 e. The topological polar surface area (TPSA) is 44.7 Å². The highest BCUT2D eigenvalue weighted by atomic mass is 35.5. The first kappa shape index (κ1) is 22.9. The number of hydrogen-bond donors (Lipinski definition) is 1. The van der Waals surface area contributed by atoms with Crippen LogP contribution < -0.4 is 10.2 Å². The lowest BCUT2D eigenvalue weighted by Crippen LogP contribution is -2.51. The number of aliphatic imine (C=N–C) groups is 1. The minimum atomic E-state index is -0.120. The molecule has 2 aromatic rings. The fourth-order valence-corrected chi connectivity index (χ4v) is 6.05. The van der Waals surface area contributed by atoms with Gasteiger partial charge in [0.1, 0.15) is 0 Å². The molecule has 2 aliphatic heterocycles. The van der Waals surface area contributed by atoms with Gasteiger partial charge >= 0.3 is 0 Å². The molecule has 32 heavy (non-hydrogen) atoms. The van der Waals surface area contributed by atoms with E-state index in [0.717, 1.165) is 17.7 Å². The molecule has 0 aromatic heterocycles. The number of halogens is 1. The van der Waals surface area contributed by atoms with E-state index in [1.807, 2.05) is 18.2 Å².